The van der Waals surface area contributed by atoms with Crippen molar-refractivity contribution >= 4 is 21.6 Å². The maximum atomic E-state index is 12.1. The molecule has 0 saturated heterocycles. The lowest BCUT2D eigenvalue weighted by Crippen LogP contribution is -2.26. The average Bonchev–Trinajstić information content (AvgIpc) is 2.95. The molecule has 0 atom stereocenters. The first-order valence-corrected chi connectivity index (χ1v) is 7.71. The van der Waals surface area contributed by atoms with Crippen LogP contribution in [-0.4, -0.2) is 31.5 Å². The first-order valence-electron chi connectivity index (χ1n) is 6.91. The number of aromatic nitrogens is 5. The Hall–Kier alpha value is -1.70. The fourth-order valence-corrected chi connectivity index (χ4v) is 2.34. The summed E-state index contributed by atoms with van der Waals surface area (Å²) in [7, 11) is 0. The minimum atomic E-state index is -0.107. The van der Waals surface area contributed by atoms with E-state index in [1.165, 1.54) is 11.0 Å². The highest BCUT2D eigenvalue weighted by Gasteiger charge is 2.09. The lowest BCUT2D eigenvalue weighted by Gasteiger charge is -2.11. The van der Waals surface area contributed by atoms with E-state index in [4.69, 9.17) is 0 Å². The molecular formula is C13H19BrN6O. The van der Waals surface area contributed by atoms with Gasteiger partial charge in [0.2, 0.25) is 0 Å². The van der Waals surface area contributed by atoms with Crippen molar-refractivity contribution in [3.63, 3.8) is 0 Å². The van der Waals surface area contributed by atoms with E-state index in [1.54, 1.807) is 6.20 Å². The Morgan fingerprint density at radius 1 is 1.48 bits per heavy atom. The van der Waals surface area contributed by atoms with Crippen molar-refractivity contribution in [2.45, 2.75) is 33.2 Å². The van der Waals surface area contributed by atoms with Crippen LogP contribution < -0.4 is 10.9 Å². The van der Waals surface area contributed by atoms with Crippen LogP contribution in [-0.2, 0) is 13.0 Å². The Morgan fingerprint density at radius 3 is 2.95 bits per heavy atom. The summed E-state index contributed by atoms with van der Waals surface area (Å²) < 4.78 is 2.01. The second kappa shape index (κ2) is 7.35. The molecule has 0 aliphatic heterocycles. The summed E-state index contributed by atoms with van der Waals surface area (Å²) in [6, 6.07) is 0. The lowest BCUT2D eigenvalue weighted by atomic mass is 10.2. The highest BCUT2D eigenvalue weighted by atomic mass is 79.9. The van der Waals surface area contributed by atoms with Crippen LogP contribution in [0.2, 0.25) is 0 Å². The van der Waals surface area contributed by atoms with Crippen LogP contribution in [0.25, 0.3) is 0 Å². The zero-order chi connectivity index (χ0) is 15.2. The Morgan fingerprint density at radius 2 is 2.29 bits per heavy atom. The number of aryl methyl sites for hydroxylation is 1. The number of H-pyrrole nitrogens is 1. The molecule has 0 radical (unpaired) electrons. The molecule has 0 spiro atoms. The number of nitrogens with zero attached hydrogens (tertiary/aromatic N) is 4. The van der Waals surface area contributed by atoms with E-state index in [-0.39, 0.29) is 5.56 Å². The normalized spacial score (nSPS) is 11.0. The van der Waals surface area contributed by atoms with Gasteiger partial charge < -0.3 is 5.32 Å². The Balaban J connectivity index is 1.91. The Kier molecular flexibility index (Phi) is 5.49. The van der Waals surface area contributed by atoms with Crippen molar-refractivity contribution in [1.82, 2.24) is 25.0 Å². The highest BCUT2D eigenvalue weighted by molar-refractivity contribution is 9.10. The molecule has 0 aliphatic rings. The van der Waals surface area contributed by atoms with Crippen molar-refractivity contribution in [3.05, 3.63) is 33.2 Å². The van der Waals surface area contributed by atoms with Gasteiger partial charge in [-0.3, -0.25) is 9.89 Å². The number of aromatic amines is 1. The standard InChI is InChI=1S/C13H19BrN6O/c1-9(2)7-20-13(21)12(14)10(6-18-20)15-5-3-4-11-16-8-17-19-11/h6,8-9,15H,3-5,7H2,1-2H3,(H,16,17,19). The molecule has 2 aromatic rings. The van der Waals surface area contributed by atoms with Crippen LogP contribution in [0.3, 0.4) is 0 Å². The van der Waals surface area contributed by atoms with Crippen LogP contribution in [0.4, 0.5) is 5.69 Å². The molecule has 2 heterocycles. The SMILES string of the molecule is CC(C)Cn1ncc(NCCCc2ncn[nH]2)c(Br)c1=O. The number of halogens is 1. The highest BCUT2D eigenvalue weighted by Crippen LogP contribution is 2.16. The first kappa shape index (κ1) is 15.7. The van der Waals surface area contributed by atoms with Crippen molar-refractivity contribution in [1.29, 1.82) is 0 Å². The fourth-order valence-electron chi connectivity index (χ4n) is 1.89. The third kappa shape index (κ3) is 4.38. The molecule has 0 fully saturated rings. The third-order valence-electron chi connectivity index (χ3n) is 2.89. The van der Waals surface area contributed by atoms with Crippen molar-refractivity contribution in [2.75, 3.05) is 11.9 Å². The largest absolute Gasteiger partial charge is 0.383 e. The van der Waals surface area contributed by atoms with E-state index < -0.39 is 0 Å². The van der Waals surface area contributed by atoms with Gasteiger partial charge in [-0.15, -0.1) is 0 Å². The molecule has 21 heavy (non-hydrogen) atoms. The summed E-state index contributed by atoms with van der Waals surface area (Å²) in [6.07, 6.45) is 4.87. The third-order valence-corrected chi connectivity index (χ3v) is 3.66. The zero-order valence-corrected chi connectivity index (χ0v) is 13.7. The first-order chi connectivity index (χ1) is 10.1. The zero-order valence-electron chi connectivity index (χ0n) is 12.1. The summed E-state index contributed by atoms with van der Waals surface area (Å²) in [6.45, 7) is 5.45. The van der Waals surface area contributed by atoms with Crippen molar-refractivity contribution < 1.29 is 0 Å². The molecule has 0 bridgehead atoms. The van der Waals surface area contributed by atoms with Crippen molar-refractivity contribution in [2.24, 2.45) is 5.92 Å². The van der Waals surface area contributed by atoms with Gasteiger partial charge in [0, 0.05) is 19.5 Å². The van der Waals surface area contributed by atoms with Crippen LogP contribution in [0, 0.1) is 5.92 Å². The molecule has 8 heteroatoms. The van der Waals surface area contributed by atoms with Crippen LogP contribution in [0.5, 0.6) is 0 Å². The smallest absolute Gasteiger partial charge is 0.283 e. The predicted octanol–water partition coefficient (Wildman–Crippen LogP) is 1.82. The van der Waals surface area contributed by atoms with Gasteiger partial charge in [-0.1, -0.05) is 13.8 Å². The number of hydrogen-bond donors (Lipinski definition) is 2. The Labute approximate surface area is 131 Å². The van der Waals surface area contributed by atoms with Crippen LogP contribution >= 0.6 is 15.9 Å². The van der Waals surface area contributed by atoms with Gasteiger partial charge in [-0.25, -0.2) is 9.67 Å². The monoisotopic (exact) mass is 354 g/mol. The number of anilines is 1. The fraction of sp³-hybridized carbons (Fsp3) is 0.538. The minimum absolute atomic E-state index is 0.107. The van der Waals surface area contributed by atoms with E-state index in [2.05, 4.69) is 55.4 Å². The molecule has 2 aromatic heterocycles. The second-order valence-corrected chi connectivity index (χ2v) is 6.01. The molecule has 0 unspecified atom stereocenters. The molecular weight excluding hydrogens is 336 g/mol. The van der Waals surface area contributed by atoms with Crippen molar-refractivity contribution in [3.8, 4) is 0 Å². The summed E-state index contributed by atoms with van der Waals surface area (Å²) in [4.78, 5) is 16.2. The average molecular weight is 355 g/mol. The molecule has 0 aromatic carbocycles. The second-order valence-electron chi connectivity index (χ2n) is 5.22. The summed E-state index contributed by atoms with van der Waals surface area (Å²) in [5.41, 5.74) is 0.613. The predicted molar refractivity (Wildman–Crippen MR) is 84.2 cm³/mol. The molecule has 114 valence electrons. The molecule has 2 N–H and O–H groups in total. The van der Waals surface area contributed by atoms with E-state index in [9.17, 15) is 4.79 Å². The van der Waals surface area contributed by atoms with Gasteiger partial charge in [0.1, 0.15) is 16.6 Å². The summed E-state index contributed by atoms with van der Waals surface area (Å²) in [5, 5.41) is 14.0. The number of nitrogens with one attached hydrogen (secondary N) is 2. The van der Waals surface area contributed by atoms with E-state index in [0.29, 0.717) is 16.9 Å². The molecule has 7 nitrogen and oxygen atoms in total. The van der Waals surface area contributed by atoms with Gasteiger partial charge in [0.05, 0.1) is 11.9 Å². The lowest BCUT2D eigenvalue weighted by molar-refractivity contribution is 0.462. The number of hydrogen-bond acceptors (Lipinski definition) is 5. The Bertz CT molecular complexity index is 622. The van der Waals surface area contributed by atoms with Gasteiger partial charge in [-0.05, 0) is 28.3 Å². The van der Waals surface area contributed by atoms with Gasteiger partial charge in [-0.2, -0.15) is 10.2 Å². The molecule has 0 aliphatic carbocycles. The maximum Gasteiger partial charge on any atom is 0.283 e. The minimum Gasteiger partial charge on any atom is -0.383 e. The van der Waals surface area contributed by atoms with E-state index in [1.807, 2.05) is 0 Å². The van der Waals surface area contributed by atoms with E-state index >= 15 is 0 Å². The van der Waals surface area contributed by atoms with Gasteiger partial charge >= 0.3 is 0 Å². The molecule has 2 rings (SSSR count). The number of rotatable bonds is 7. The van der Waals surface area contributed by atoms with Gasteiger partial charge in [0.25, 0.3) is 5.56 Å². The topological polar surface area (TPSA) is 88.5 Å². The van der Waals surface area contributed by atoms with Crippen LogP contribution in [0.15, 0.2) is 21.8 Å². The summed E-state index contributed by atoms with van der Waals surface area (Å²) >= 11 is 3.35. The molecule has 0 saturated carbocycles. The van der Waals surface area contributed by atoms with E-state index in [0.717, 1.165) is 30.9 Å². The quantitative estimate of drug-likeness (QED) is 0.740. The summed E-state index contributed by atoms with van der Waals surface area (Å²) in [5.74, 6) is 1.24. The van der Waals surface area contributed by atoms with Crippen LogP contribution in [0.1, 0.15) is 26.1 Å². The maximum absolute atomic E-state index is 12.1. The van der Waals surface area contributed by atoms with Gasteiger partial charge in [0.15, 0.2) is 0 Å². The molecule has 0 amide bonds.